The minimum Gasteiger partial charge on any atom is -0.340 e. The maximum atomic E-state index is 12.8. The first-order chi connectivity index (χ1) is 10.1. The highest BCUT2D eigenvalue weighted by Gasteiger charge is 2.44. The van der Waals surface area contributed by atoms with E-state index in [1.54, 1.807) is 4.90 Å². The van der Waals surface area contributed by atoms with E-state index < -0.39 is 5.54 Å². The topological polar surface area (TPSA) is 49.4 Å². The Labute approximate surface area is 126 Å². The predicted molar refractivity (Wildman–Crippen MR) is 84.2 cm³/mol. The molecular formula is C17H24N2O2. The number of amides is 2. The Kier molecular flexibility index (Phi) is 4.66. The van der Waals surface area contributed by atoms with Crippen molar-refractivity contribution in [1.82, 2.24) is 5.32 Å². The SMILES string of the molecule is CCCc1ccc(N2CC(=O)NC(CC)(CC)C2=O)cc1. The number of carbonyl (C=O) groups is 2. The molecule has 2 amide bonds. The van der Waals surface area contributed by atoms with Gasteiger partial charge in [0, 0.05) is 5.69 Å². The molecule has 1 aliphatic rings. The van der Waals surface area contributed by atoms with Crippen LogP contribution in [0.5, 0.6) is 0 Å². The van der Waals surface area contributed by atoms with Crippen LogP contribution >= 0.6 is 0 Å². The van der Waals surface area contributed by atoms with Crippen molar-refractivity contribution >= 4 is 17.5 Å². The number of carbonyl (C=O) groups excluding carboxylic acids is 2. The summed E-state index contributed by atoms with van der Waals surface area (Å²) in [5.74, 6) is -0.0914. The first-order valence-corrected chi connectivity index (χ1v) is 7.78. The highest BCUT2D eigenvalue weighted by molar-refractivity contribution is 6.09. The summed E-state index contributed by atoms with van der Waals surface area (Å²) in [4.78, 5) is 26.4. The molecule has 1 fully saturated rings. The summed E-state index contributed by atoms with van der Waals surface area (Å²) >= 11 is 0. The van der Waals surface area contributed by atoms with Crippen LogP contribution in [0.15, 0.2) is 24.3 Å². The number of nitrogens with one attached hydrogen (secondary N) is 1. The van der Waals surface area contributed by atoms with E-state index >= 15 is 0 Å². The molecule has 4 nitrogen and oxygen atoms in total. The van der Waals surface area contributed by atoms with Crippen molar-refractivity contribution in [3.63, 3.8) is 0 Å². The number of hydrogen-bond donors (Lipinski definition) is 1. The molecule has 0 radical (unpaired) electrons. The Balaban J connectivity index is 2.29. The lowest BCUT2D eigenvalue weighted by Crippen LogP contribution is -2.66. The van der Waals surface area contributed by atoms with E-state index in [4.69, 9.17) is 0 Å². The number of rotatable bonds is 5. The predicted octanol–water partition coefficient (Wildman–Crippen LogP) is 2.66. The maximum absolute atomic E-state index is 12.8. The van der Waals surface area contributed by atoms with Crippen LogP contribution in [0.25, 0.3) is 0 Å². The molecule has 1 aromatic carbocycles. The minimum atomic E-state index is -0.753. The van der Waals surface area contributed by atoms with E-state index in [0.29, 0.717) is 12.8 Å². The first kappa shape index (κ1) is 15.5. The average Bonchev–Trinajstić information content (AvgIpc) is 2.50. The molecule has 2 rings (SSSR count). The molecule has 1 saturated heterocycles. The number of anilines is 1. The van der Waals surface area contributed by atoms with Gasteiger partial charge in [-0.15, -0.1) is 0 Å². The average molecular weight is 288 g/mol. The summed E-state index contributed by atoms with van der Waals surface area (Å²) in [6.45, 7) is 6.13. The van der Waals surface area contributed by atoms with Crippen molar-refractivity contribution in [2.75, 3.05) is 11.4 Å². The van der Waals surface area contributed by atoms with Gasteiger partial charge in [-0.3, -0.25) is 9.59 Å². The molecule has 1 N–H and O–H groups in total. The van der Waals surface area contributed by atoms with Gasteiger partial charge in [0.05, 0.1) is 0 Å². The number of benzene rings is 1. The summed E-state index contributed by atoms with van der Waals surface area (Å²) in [5.41, 5.74) is 1.31. The third kappa shape index (κ3) is 2.94. The lowest BCUT2D eigenvalue weighted by Gasteiger charge is -2.41. The summed E-state index contributed by atoms with van der Waals surface area (Å²) in [6, 6.07) is 7.96. The van der Waals surface area contributed by atoms with Crippen LogP contribution in [0.2, 0.25) is 0 Å². The summed E-state index contributed by atoms with van der Waals surface area (Å²) in [6.07, 6.45) is 3.35. The first-order valence-electron chi connectivity index (χ1n) is 7.78. The second-order valence-electron chi connectivity index (χ2n) is 5.65. The third-order valence-electron chi connectivity index (χ3n) is 4.33. The van der Waals surface area contributed by atoms with E-state index in [-0.39, 0.29) is 18.4 Å². The minimum absolute atomic E-state index is 0.00431. The molecule has 1 heterocycles. The Morgan fingerprint density at radius 3 is 2.24 bits per heavy atom. The number of hydrogen-bond acceptors (Lipinski definition) is 2. The monoisotopic (exact) mass is 288 g/mol. The lowest BCUT2D eigenvalue weighted by atomic mass is 9.88. The van der Waals surface area contributed by atoms with Crippen LogP contribution in [0.1, 0.15) is 45.6 Å². The van der Waals surface area contributed by atoms with Gasteiger partial charge in [-0.1, -0.05) is 39.3 Å². The van der Waals surface area contributed by atoms with Crippen LogP contribution in [-0.2, 0) is 16.0 Å². The quantitative estimate of drug-likeness (QED) is 0.905. The van der Waals surface area contributed by atoms with Crippen molar-refractivity contribution < 1.29 is 9.59 Å². The summed E-state index contributed by atoms with van der Waals surface area (Å²) in [5, 5.41) is 2.88. The Hall–Kier alpha value is -1.84. The van der Waals surface area contributed by atoms with Crippen molar-refractivity contribution in [2.45, 2.75) is 52.0 Å². The lowest BCUT2D eigenvalue weighted by molar-refractivity contribution is -0.136. The Morgan fingerprint density at radius 2 is 1.71 bits per heavy atom. The van der Waals surface area contributed by atoms with E-state index in [0.717, 1.165) is 18.5 Å². The molecule has 0 unspecified atom stereocenters. The zero-order valence-corrected chi connectivity index (χ0v) is 13.1. The van der Waals surface area contributed by atoms with Gasteiger partial charge in [0.2, 0.25) is 5.91 Å². The fraction of sp³-hybridized carbons (Fsp3) is 0.529. The molecule has 0 aliphatic carbocycles. The second-order valence-corrected chi connectivity index (χ2v) is 5.65. The van der Waals surface area contributed by atoms with Crippen molar-refractivity contribution in [3.8, 4) is 0 Å². The van der Waals surface area contributed by atoms with Gasteiger partial charge in [-0.2, -0.15) is 0 Å². The standard InChI is InChI=1S/C17H24N2O2/c1-4-7-13-8-10-14(11-9-13)19-12-15(20)18-17(5-2,6-3)16(19)21/h8-11H,4-7,12H2,1-3H3,(H,18,20). The van der Waals surface area contributed by atoms with Gasteiger partial charge in [0.15, 0.2) is 0 Å². The van der Waals surface area contributed by atoms with Gasteiger partial charge in [-0.25, -0.2) is 0 Å². The van der Waals surface area contributed by atoms with E-state index in [1.165, 1.54) is 5.56 Å². The smallest absolute Gasteiger partial charge is 0.253 e. The van der Waals surface area contributed by atoms with Gasteiger partial charge in [0.1, 0.15) is 12.1 Å². The van der Waals surface area contributed by atoms with E-state index in [9.17, 15) is 9.59 Å². The summed E-state index contributed by atoms with van der Waals surface area (Å²) in [7, 11) is 0. The van der Waals surface area contributed by atoms with E-state index in [2.05, 4.69) is 12.2 Å². The Morgan fingerprint density at radius 1 is 1.10 bits per heavy atom. The zero-order chi connectivity index (χ0) is 15.5. The zero-order valence-electron chi connectivity index (χ0n) is 13.1. The van der Waals surface area contributed by atoms with Crippen LogP contribution < -0.4 is 10.2 Å². The molecular weight excluding hydrogens is 264 g/mol. The fourth-order valence-corrected chi connectivity index (χ4v) is 2.90. The van der Waals surface area contributed by atoms with Gasteiger partial charge >= 0.3 is 0 Å². The molecule has 4 heteroatoms. The van der Waals surface area contributed by atoms with Gasteiger partial charge < -0.3 is 10.2 Å². The van der Waals surface area contributed by atoms with Crippen LogP contribution in [-0.4, -0.2) is 23.9 Å². The van der Waals surface area contributed by atoms with Crippen molar-refractivity contribution in [2.24, 2.45) is 0 Å². The van der Waals surface area contributed by atoms with E-state index in [1.807, 2.05) is 38.1 Å². The molecule has 0 spiro atoms. The molecule has 0 aromatic heterocycles. The summed E-state index contributed by atoms with van der Waals surface area (Å²) < 4.78 is 0. The molecule has 0 saturated carbocycles. The number of piperazine rings is 1. The van der Waals surface area contributed by atoms with Gasteiger partial charge in [0.25, 0.3) is 5.91 Å². The highest BCUT2D eigenvalue weighted by Crippen LogP contribution is 2.27. The van der Waals surface area contributed by atoms with Crippen LogP contribution in [0, 0.1) is 0 Å². The highest BCUT2D eigenvalue weighted by atomic mass is 16.2. The molecule has 0 atom stereocenters. The molecule has 1 aliphatic heterocycles. The maximum Gasteiger partial charge on any atom is 0.253 e. The van der Waals surface area contributed by atoms with Crippen LogP contribution in [0.4, 0.5) is 5.69 Å². The van der Waals surface area contributed by atoms with Crippen LogP contribution in [0.3, 0.4) is 0 Å². The molecule has 0 bridgehead atoms. The van der Waals surface area contributed by atoms with Crippen molar-refractivity contribution in [1.29, 1.82) is 0 Å². The number of aryl methyl sites for hydroxylation is 1. The third-order valence-corrected chi connectivity index (χ3v) is 4.33. The second kappa shape index (κ2) is 6.29. The fourth-order valence-electron chi connectivity index (χ4n) is 2.90. The number of nitrogens with zero attached hydrogens (tertiary/aromatic N) is 1. The van der Waals surface area contributed by atoms with Gasteiger partial charge in [-0.05, 0) is 37.0 Å². The van der Waals surface area contributed by atoms with Crippen molar-refractivity contribution in [3.05, 3.63) is 29.8 Å². The molecule has 1 aromatic rings. The Bertz CT molecular complexity index is 518. The largest absolute Gasteiger partial charge is 0.340 e. The normalized spacial score (nSPS) is 17.8. The molecule has 21 heavy (non-hydrogen) atoms. The molecule has 114 valence electrons.